The number of ether oxygens (including phenoxy) is 1. The lowest BCUT2D eigenvalue weighted by molar-refractivity contribution is -0.137. The molecule has 0 aliphatic heterocycles. The molecule has 0 spiro atoms. The maximum Gasteiger partial charge on any atom is 0.416 e. The summed E-state index contributed by atoms with van der Waals surface area (Å²) in [5.41, 5.74) is 3.66. The molecule has 146 valence electrons. The Morgan fingerprint density at radius 3 is 2.37 bits per heavy atom. The summed E-state index contributed by atoms with van der Waals surface area (Å²) in [7, 11) is 3.32. The quantitative estimate of drug-likeness (QED) is 0.487. The number of nitrogens with zero attached hydrogens (tertiary/aromatic N) is 2. The normalized spacial score (nSPS) is 11.9. The van der Waals surface area contributed by atoms with Crippen LogP contribution in [0.25, 0.3) is 0 Å². The van der Waals surface area contributed by atoms with Gasteiger partial charge in [0.25, 0.3) is 0 Å². The van der Waals surface area contributed by atoms with Crippen LogP contribution in [0.2, 0.25) is 0 Å². The maximum absolute atomic E-state index is 13.1. The highest BCUT2D eigenvalue weighted by atomic mass is 19.4. The highest BCUT2D eigenvalue weighted by molar-refractivity contribution is 5.64. The van der Waals surface area contributed by atoms with Gasteiger partial charge in [-0.1, -0.05) is 6.07 Å². The van der Waals surface area contributed by atoms with E-state index in [1.165, 1.54) is 13.2 Å². The number of halogens is 3. The van der Waals surface area contributed by atoms with Crippen molar-refractivity contribution in [1.29, 1.82) is 0 Å². The molecule has 2 aromatic carbocycles. The van der Waals surface area contributed by atoms with Crippen molar-refractivity contribution in [2.45, 2.75) is 33.4 Å². The molecule has 0 heterocycles. The third-order valence-corrected chi connectivity index (χ3v) is 4.47. The van der Waals surface area contributed by atoms with Gasteiger partial charge in [0.2, 0.25) is 0 Å². The fraction of sp³-hybridized carbons (Fsp3) is 0.381. The molecule has 0 saturated heterocycles. The number of hydrogen-bond donors (Lipinski definition) is 0. The van der Waals surface area contributed by atoms with Crippen LogP contribution < -0.4 is 4.74 Å². The van der Waals surface area contributed by atoms with E-state index in [1.54, 1.807) is 12.4 Å². The van der Waals surface area contributed by atoms with Crippen LogP contribution in [0, 0.1) is 13.8 Å². The maximum atomic E-state index is 13.1. The van der Waals surface area contributed by atoms with Crippen molar-refractivity contribution in [3.63, 3.8) is 0 Å². The molecule has 0 aliphatic rings. The number of hydrogen-bond acceptors (Lipinski definition) is 2. The molecule has 0 saturated carbocycles. The van der Waals surface area contributed by atoms with Crippen LogP contribution in [0.4, 0.5) is 18.9 Å². The fourth-order valence-corrected chi connectivity index (χ4v) is 2.70. The minimum Gasteiger partial charge on any atom is -0.497 e. The first-order valence-electron chi connectivity index (χ1n) is 8.73. The van der Waals surface area contributed by atoms with Crippen molar-refractivity contribution in [3.8, 4) is 5.75 Å². The monoisotopic (exact) mass is 378 g/mol. The summed E-state index contributed by atoms with van der Waals surface area (Å²) in [4.78, 5) is 6.46. The molecule has 0 unspecified atom stereocenters. The van der Waals surface area contributed by atoms with Gasteiger partial charge in [-0.2, -0.15) is 13.2 Å². The Hall–Kier alpha value is -2.50. The molecule has 0 aromatic heterocycles. The molecule has 0 aliphatic carbocycles. The lowest BCUT2D eigenvalue weighted by atomic mass is 9.96. The van der Waals surface area contributed by atoms with Crippen molar-refractivity contribution in [1.82, 2.24) is 4.90 Å². The lowest BCUT2D eigenvalue weighted by Crippen LogP contribution is -2.14. The van der Waals surface area contributed by atoms with Crippen LogP contribution >= 0.6 is 0 Å². The predicted molar refractivity (Wildman–Crippen MR) is 103 cm³/mol. The molecule has 0 amide bonds. The second-order valence-corrected chi connectivity index (χ2v) is 6.63. The summed E-state index contributed by atoms with van der Waals surface area (Å²) in [5.74, 6) is 0.207. The largest absolute Gasteiger partial charge is 0.497 e. The molecule has 6 heteroatoms. The molecule has 0 bridgehead atoms. The van der Waals surface area contributed by atoms with E-state index in [0.717, 1.165) is 35.0 Å². The Morgan fingerprint density at radius 2 is 1.78 bits per heavy atom. The van der Waals surface area contributed by atoms with E-state index in [0.29, 0.717) is 12.0 Å². The molecular weight excluding hydrogens is 353 g/mol. The van der Waals surface area contributed by atoms with Crippen molar-refractivity contribution >= 4 is 12.0 Å². The summed E-state index contributed by atoms with van der Waals surface area (Å²) in [6, 6.07) is 7.80. The minimum absolute atomic E-state index is 0.207. The molecule has 2 rings (SSSR count). The Kier molecular flexibility index (Phi) is 6.52. The zero-order valence-corrected chi connectivity index (χ0v) is 16.3. The zero-order valence-electron chi connectivity index (χ0n) is 16.3. The van der Waals surface area contributed by atoms with Crippen molar-refractivity contribution < 1.29 is 17.9 Å². The van der Waals surface area contributed by atoms with Gasteiger partial charge in [-0.3, -0.25) is 0 Å². The van der Waals surface area contributed by atoms with Gasteiger partial charge in [0, 0.05) is 13.6 Å². The van der Waals surface area contributed by atoms with Gasteiger partial charge in [0.1, 0.15) is 5.75 Å². The molecule has 0 fully saturated rings. The van der Waals surface area contributed by atoms with Crippen LogP contribution in [0.1, 0.15) is 34.7 Å². The number of aliphatic imine (C=N–C) groups is 1. The van der Waals surface area contributed by atoms with Crippen LogP contribution in [0.15, 0.2) is 35.3 Å². The first kappa shape index (κ1) is 20.8. The van der Waals surface area contributed by atoms with E-state index in [1.807, 2.05) is 44.9 Å². The van der Waals surface area contributed by atoms with Gasteiger partial charge >= 0.3 is 6.18 Å². The zero-order chi connectivity index (χ0) is 20.2. The molecular formula is C21H25F3N2O. The van der Waals surface area contributed by atoms with E-state index < -0.39 is 11.7 Å². The first-order valence-corrected chi connectivity index (χ1v) is 8.73. The van der Waals surface area contributed by atoms with E-state index in [4.69, 9.17) is 4.74 Å². The third kappa shape index (κ3) is 5.49. The molecule has 0 atom stereocenters. The summed E-state index contributed by atoms with van der Waals surface area (Å²) in [6.07, 6.45) is -2.23. The molecule has 0 radical (unpaired) electrons. The standard InChI is InChI=1S/C21H25F3N2O/c1-6-26(4)13-25-20-8-14(2)17(7-15(20)3)9-16-10-18(21(22,23)24)12-19(11-16)27-5/h7-8,10-13H,6,9H2,1-5H3/b25-13+. The van der Waals surface area contributed by atoms with Crippen LogP contribution in [0.3, 0.4) is 0 Å². The number of benzene rings is 2. The summed E-state index contributed by atoms with van der Waals surface area (Å²) in [6.45, 7) is 6.80. The summed E-state index contributed by atoms with van der Waals surface area (Å²) in [5, 5.41) is 0. The smallest absolute Gasteiger partial charge is 0.416 e. The van der Waals surface area contributed by atoms with Gasteiger partial charge in [-0.25, -0.2) is 4.99 Å². The van der Waals surface area contributed by atoms with E-state index in [2.05, 4.69) is 4.99 Å². The van der Waals surface area contributed by atoms with Crippen LogP contribution in [-0.2, 0) is 12.6 Å². The second-order valence-electron chi connectivity index (χ2n) is 6.63. The Balaban J connectivity index is 2.35. The highest BCUT2D eigenvalue weighted by Crippen LogP contribution is 2.34. The highest BCUT2D eigenvalue weighted by Gasteiger charge is 2.31. The van der Waals surface area contributed by atoms with E-state index in [9.17, 15) is 13.2 Å². The van der Waals surface area contributed by atoms with Gasteiger partial charge in [-0.05, 0) is 73.7 Å². The minimum atomic E-state index is -4.40. The number of alkyl halides is 3. The van der Waals surface area contributed by atoms with Gasteiger partial charge < -0.3 is 9.64 Å². The Morgan fingerprint density at radius 1 is 1.07 bits per heavy atom. The number of methoxy groups -OCH3 is 1. The van der Waals surface area contributed by atoms with Gasteiger partial charge in [-0.15, -0.1) is 0 Å². The topological polar surface area (TPSA) is 24.8 Å². The Bertz CT molecular complexity index is 829. The van der Waals surface area contributed by atoms with E-state index in [-0.39, 0.29) is 5.75 Å². The van der Waals surface area contributed by atoms with Crippen molar-refractivity contribution in [2.75, 3.05) is 20.7 Å². The average molecular weight is 378 g/mol. The van der Waals surface area contributed by atoms with E-state index >= 15 is 0 Å². The predicted octanol–water partition coefficient (Wildman–Crippen LogP) is 5.53. The number of aryl methyl sites for hydroxylation is 2. The number of rotatable bonds is 6. The average Bonchev–Trinajstić information content (AvgIpc) is 2.61. The van der Waals surface area contributed by atoms with Crippen molar-refractivity contribution in [3.05, 3.63) is 58.1 Å². The first-order chi connectivity index (χ1) is 12.6. The second kappa shape index (κ2) is 8.46. The van der Waals surface area contributed by atoms with Crippen LogP contribution in [0.5, 0.6) is 5.75 Å². The van der Waals surface area contributed by atoms with Crippen molar-refractivity contribution in [2.24, 2.45) is 4.99 Å². The lowest BCUT2D eigenvalue weighted by Gasteiger charge is -2.14. The molecule has 2 aromatic rings. The van der Waals surface area contributed by atoms with Gasteiger partial charge in [0.05, 0.1) is 24.7 Å². The summed E-state index contributed by atoms with van der Waals surface area (Å²) < 4.78 is 44.4. The SMILES string of the molecule is CCN(C)/C=N/c1cc(C)c(Cc2cc(OC)cc(C(F)(F)F)c2)cc1C. The fourth-order valence-electron chi connectivity index (χ4n) is 2.70. The third-order valence-electron chi connectivity index (χ3n) is 4.47. The molecule has 0 N–H and O–H groups in total. The molecule has 27 heavy (non-hydrogen) atoms. The van der Waals surface area contributed by atoms with Gasteiger partial charge in [0.15, 0.2) is 0 Å². The molecule has 3 nitrogen and oxygen atoms in total. The Labute approximate surface area is 158 Å². The summed E-state index contributed by atoms with van der Waals surface area (Å²) >= 11 is 0. The van der Waals surface area contributed by atoms with Crippen LogP contribution in [-0.4, -0.2) is 31.9 Å².